The number of anilines is 1. The summed E-state index contributed by atoms with van der Waals surface area (Å²) in [6.45, 7) is 4.79. The minimum absolute atomic E-state index is 0.0443. The zero-order valence-corrected chi connectivity index (χ0v) is 14.7. The summed E-state index contributed by atoms with van der Waals surface area (Å²) in [4.78, 5) is 4.90. The highest BCUT2D eigenvalue weighted by molar-refractivity contribution is 5.66. The van der Waals surface area contributed by atoms with Crippen molar-refractivity contribution in [2.24, 2.45) is 0 Å². The van der Waals surface area contributed by atoms with Gasteiger partial charge in [-0.1, -0.05) is 50.2 Å². The van der Waals surface area contributed by atoms with Gasteiger partial charge in [-0.05, 0) is 41.2 Å². The van der Waals surface area contributed by atoms with Crippen LogP contribution in [0.1, 0.15) is 48.4 Å². The third kappa shape index (κ3) is 1.66. The first-order chi connectivity index (χ1) is 11.6. The summed E-state index contributed by atoms with van der Waals surface area (Å²) in [5.41, 5.74) is 7.51. The summed E-state index contributed by atoms with van der Waals surface area (Å²) in [5.74, 6) is 0.529. The zero-order chi connectivity index (χ0) is 16.5. The maximum atomic E-state index is 2.51. The molecule has 0 fully saturated rings. The van der Waals surface area contributed by atoms with E-state index in [-0.39, 0.29) is 5.41 Å². The molecule has 0 radical (unpaired) electrons. The van der Waals surface area contributed by atoms with E-state index in [1.54, 1.807) is 5.56 Å². The van der Waals surface area contributed by atoms with Crippen LogP contribution in [-0.2, 0) is 11.8 Å². The summed E-state index contributed by atoms with van der Waals surface area (Å²) < 4.78 is 0. The smallest absolute Gasteiger partial charge is 0.112 e. The Bertz CT molecular complexity index is 849. The van der Waals surface area contributed by atoms with Crippen LogP contribution in [0.4, 0.5) is 5.69 Å². The van der Waals surface area contributed by atoms with E-state index in [2.05, 4.69) is 85.6 Å². The molecule has 2 unspecified atom stereocenters. The standard InChI is InChI=1S/C22H24N2/c1-22(2)18-8-5-4-7-15(18)16-11-12-17-19(22)9-6-10-20(17)24-14-13-23(3)21(16)24/h4-10,13-14,16,21H,11-12H2,1-3H3. The van der Waals surface area contributed by atoms with Gasteiger partial charge in [0.15, 0.2) is 0 Å². The van der Waals surface area contributed by atoms with Crippen molar-refractivity contribution in [3.05, 3.63) is 77.1 Å². The molecule has 1 aliphatic carbocycles. The Morgan fingerprint density at radius 1 is 0.958 bits per heavy atom. The summed E-state index contributed by atoms with van der Waals surface area (Å²) >= 11 is 0. The van der Waals surface area contributed by atoms with Crippen molar-refractivity contribution in [3.8, 4) is 0 Å². The number of fused-ring (bicyclic) bond motifs is 7. The van der Waals surface area contributed by atoms with Crippen LogP contribution in [0.15, 0.2) is 54.9 Å². The second-order valence-electron chi connectivity index (χ2n) is 7.95. The lowest BCUT2D eigenvalue weighted by Gasteiger charge is -2.37. The lowest BCUT2D eigenvalue weighted by molar-refractivity contribution is 0.299. The molecule has 0 aromatic heterocycles. The van der Waals surface area contributed by atoms with Gasteiger partial charge in [-0.3, -0.25) is 0 Å². The molecular formula is C22H24N2. The molecule has 3 aliphatic rings. The van der Waals surface area contributed by atoms with E-state index in [9.17, 15) is 0 Å². The topological polar surface area (TPSA) is 6.48 Å². The summed E-state index contributed by atoms with van der Waals surface area (Å²) in [6, 6.07) is 16.0. The average Bonchev–Trinajstić information content (AvgIpc) is 2.87. The fourth-order valence-electron chi connectivity index (χ4n) is 5.21. The first-order valence-corrected chi connectivity index (χ1v) is 8.99. The molecule has 2 bridgehead atoms. The van der Waals surface area contributed by atoms with Crippen LogP contribution >= 0.6 is 0 Å². The molecule has 2 heterocycles. The lowest BCUT2D eigenvalue weighted by Crippen LogP contribution is -2.41. The minimum Gasteiger partial charge on any atom is -0.358 e. The van der Waals surface area contributed by atoms with Gasteiger partial charge in [-0.2, -0.15) is 0 Å². The highest BCUT2D eigenvalue weighted by atomic mass is 15.4. The fourth-order valence-corrected chi connectivity index (χ4v) is 5.21. The van der Waals surface area contributed by atoms with Crippen molar-refractivity contribution in [1.82, 2.24) is 4.90 Å². The van der Waals surface area contributed by atoms with Crippen LogP contribution in [0.3, 0.4) is 0 Å². The highest BCUT2D eigenvalue weighted by Gasteiger charge is 2.43. The molecule has 0 N–H and O–H groups in total. The van der Waals surface area contributed by atoms with E-state index in [0.717, 1.165) is 0 Å². The Labute approximate surface area is 144 Å². The van der Waals surface area contributed by atoms with Crippen LogP contribution in [-0.4, -0.2) is 18.1 Å². The summed E-state index contributed by atoms with van der Waals surface area (Å²) in [5, 5.41) is 0. The van der Waals surface area contributed by atoms with Crippen molar-refractivity contribution >= 4 is 5.69 Å². The van der Waals surface area contributed by atoms with Crippen LogP contribution in [0, 0.1) is 0 Å². The first-order valence-electron chi connectivity index (χ1n) is 8.99. The predicted octanol–water partition coefficient (Wildman–Crippen LogP) is 4.61. The van der Waals surface area contributed by atoms with Gasteiger partial charge >= 0.3 is 0 Å². The molecule has 0 saturated carbocycles. The lowest BCUT2D eigenvalue weighted by atomic mass is 9.69. The predicted molar refractivity (Wildman–Crippen MR) is 99.2 cm³/mol. The number of hydrogen-bond donors (Lipinski definition) is 0. The minimum atomic E-state index is 0.0443. The fraction of sp³-hybridized carbons (Fsp3) is 0.364. The molecule has 2 atom stereocenters. The quantitative estimate of drug-likeness (QED) is 0.700. The van der Waals surface area contributed by atoms with Crippen LogP contribution < -0.4 is 4.90 Å². The van der Waals surface area contributed by atoms with Gasteiger partial charge in [0.1, 0.15) is 6.17 Å². The van der Waals surface area contributed by atoms with Gasteiger partial charge in [0.25, 0.3) is 0 Å². The number of nitrogens with zero attached hydrogens (tertiary/aromatic N) is 2. The van der Waals surface area contributed by atoms with Gasteiger partial charge in [0.05, 0.1) is 0 Å². The SMILES string of the molecule is CN1C=CN2c3cccc4c3CCC(c3ccccc3C4(C)C)C12. The molecule has 2 nitrogen and oxygen atoms in total. The number of likely N-dealkylation sites (N-methyl/N-ethyl adjacent to an activating group) is 1. The molecule has 0 saturated heterocycles. The second-order valence-corrected chi connectivity index (χ2v) is 7.95. The van der Waals surface area contributed by atoms with E-state index >= 15 is 0 Å². The number of rotatable bonds is 0. The van der Waals surface area contributed by atoms with E-state index < -0.39 is 0 Å². The van der Waals surface area contributed by atoms with Gasteiger partial charge < -0.3 is 9.80 Å². The maximum absolute atomic E-state index is 2.51. The number of benzene rings is 2. The van der Waals surface area contributed by atoms with Gasteiger partial charge in [0.2, 0.25) is 0 Å². The Kier molecular flexibility index (Phi) is 2.75. The summed E-state index contributed by atoms with van der Waals surface area (Å²) in [7, 11) is 2.22. The van der Waals surface area contributed by atoms with Crippen molar-refractivity contribution in [2.45, 2.75) is 44.2 Å². The molecule has 0 amide bonds. The number of hydrogen-bond acceptors (Lipinski definition) is 2. The van der Waals surface area contributed by atoms with Crippen molar-refractivity contribution in [3.63, 3.8) is 0 Å². The molecule has 2 aliphatic heterocycles. The molecule has 24 heavy (non-hydrogen) atoms. The Morgan fingerprint density at radius 3 is 2.62 bits per heavy atom. The molecule has 5 rings (SSSR count). The second kappa shape index (κ2) is 4.66. The molecule has 2 aromatic carbocycles. The van der Waals surface area contributed by atoms with E-state index in [1.165, 1.54) is 35.2 Å². The van der Waals surface area contributed by atoms with Crippen molar-refractivity contribution < 1.29 is 0 Å². The first kappa shape index (κ1) is 14.2. The van der Waals surface area contributed by atoms with Crippen molar-refractivity contribution in [2.75, 3.05) is 11.9 Å². The highest BCUT2D eigenvalue weighted by Crippen LogP contribution is 2.50. The monoisotopic (exact) mass is 316 g/mol. The Morgan fingerprint density at radius 2 is 1.75 bits per heavy atom. The largest absolute Gasteiger partial charge is 0.358 e. The third-order valence-corrected chi connectivity index (χ3v) is 6.37. The molecule has 2 heteroatoms. The molecule has 2 aromatic rings. The Balaban J connectivity index is 1.90. The van der Waals surface area contributed by atoms with Gasteiger partial charge in [-0.15, -0.1) is 0 Å². The van der Waals surface area contributed by atoms with Gasteiger partial charge in [-0.25, -0.2) is 0 Å². The average molecular weight is 316 g/mol. The van der Waals surface area contributed by atoms with Crippen LogP contribution in [0.5, 0.6) is 0 Å². The molecular weight excluding hydrogens is 292 g/mol. The van der Waals surface area contributed by atoms with E-state index in [0.29, 0.717) is 12.1 Å². The van der Waals surface area contributed by atoms with E-state index in [4.69, 9.17) is 0 Å². The molecule has 122 valence electrons. The summed E-state index contributed by atoms with van der Waals surface area (Å²) in [6.07, 6.45) is 7.27. The van der Waals surface area contributed by atoms with Crippen LogP contribution in [0.2, 0.25) is 0 Å². The Hall–Kier alpha value is -2.22. The van der Waals surface area contributed by atoms with E-state index in [1.807, 2.05) is 0 Å². The molecule has 0 spiro atoms. The normalized spacial score (nSPS) is 25.8. The van der Waals surface area contributed by atoms with Crippen molar-refractivity contribution in [1.29, 1.82) is 0 Å². The maximum Gasteiger partial charge on any atom is 0.112 e. The zero-order valence-electron chi connectivity index (χ0n) is 14.7. The van der Waals surface area contributed by atoms with Crippen LogP contribution in [0.25, 0.3) is 0 Å². The third-order valence-electron chi connectivity index (χ3n) is 6.37. The van der Waals surface area contributed by atoms with Gasteiger partial charge in [0, 0.05) is 36.5 Å².